The van der Waals surface area contributed by atoms with Gasteiger partial charge in [-0.3, -0.25) is 0 Å². The first-order chi connectivity index (χ1) is 6.41. The fourth-order valence-corrected chi connectivity index (χ4v) is 2.67. The Kier molecular flexibility index (Phi) is 13.3. The Morgan fingerprint density at radius 1 is 0.769 bits per heavy atom. The van der Waals surface area contributed by atoms with E-state index in [4.69, 9.17) is 0 Å². The standard InChI is InChI=1S/C10H23NS2/c1-3-5-7-9-12-11-13-10-8-6-4-2/h11H,3-10H2,1-2H3. The summed E-state index contributed by atoms with van der Waals surface area (Å²) in [6.07, 6.45) is 8.09. The van der Waals surface area contributed by atoms with Crippen molar-refractivity contribution in [2.45, 2.75) is 52.4 Å². The maximum absolute atomic E-state index is 3.34. The number of hydrogen-bond acceptors (Lipinski definition) is 3. The van der Waals surface area contributed by atoms with Crippen molar-refractivity contribution in [3.63, 3.8) is 0 Å². The van der Waals surface area contributed by atoms with Crippen molar-refractivity contribution < 1.29 is 0 Å². The third-order valence-corrected chi connectivity index (χ3v) is 3.75. The Hall–Kier alpha value is 0.660. The smallest absolute Gasteiger partial charge is 0.00867 e. The molecule has 80 valence electrons. The van der Waals surface area contributed by atoms with Gasteiger partial charge in [0.15, 0.2) is 0 Å². The molecule has 0 heterocycles. The average Bonchev–Trinajstić information content (AvgIpc) is 2.16. The van der Waals surface area contributed by atoms with Crippen LogP contribution in [0.4, 0.5) is 0 Å². The molecule has 0 atom stereocenters. The quantitative estimate of drug-likeness (QED) is 0.437. The molecule has 0 aliphatic rings. The van der Waals surface area contributed by atoms with Gasteiger partial charge >= 0.3 is 0 Å². The SMILES string of the molecule is CCCCCSNSCCCCC. The molecule has 0 rings (SSSR count). The zero-order chi connectivity index (χ0) is 9.78. The monoisotopic (exact) mass is 221 g/mol. The first kappa shape index (κ1) is 13.7. The number of nitrogens with one attached hydrogen (secondary N) is 1. The van der Waals surface area contributed by atoms with Gasteiger partial charge in [0.25, 0.3) is 0 Å². The number of unbranched alkanes of at least 4 members (excludes halogenated alkanes) is 4. The molecular formula is C10H23NS2. The molecule has 0 aromatic carbocycles. The van der Waals surface area contributed by atoms with Crippen LogP contribution in [-0.4, -0.2) is 11.5 Å². The second kappa shape index (κ2) is 12.7. The maximum atomic E-state index is 3.34. The van der Waals surface area contributed by atoms with Gasteiger partial charge in [0.2, 0.25) is 0 Å². The molecule has 0 bridgehead atoms. The van der Waals surface area contributed by atoms with Gasteiger partial charge in [-0.05, 0) is 12.8 Å². The first-order valence-electron chi connectivity index (χ1n) is 5.40. The van der Waals surface area contributed by atoms with Gasteiger partial charge in [-0.25, -0.2) is 4.13 Å². The van der Waals surface area contributed by atoms with E-state index in [2.05, 4.69) is 18.0 Å². The summed E-state index contributed by atoms with van der Waals surface area (Å²) in [5.74, 6) is 2.52. The van der Waals surface area contributed by atoms with Gasteiger partial charge in [0, 0.05) is 11.5 Å². The lowest BCUT2D eigenvalue weighted by Gasteiger charge is -2.02. The molecule has 3 heteroatoms. The maximum Gasteiger partial charge on any atom is 0.00867 e. The average molecular weight is 221 g/mol. The van der Waals surface area contributed by atoms with E-state index in [0.29, 0.717) is 0 Å². The van der Waals surface area contributed by atoms with Crippen molar-refractivity contribution in [2.75, 3.05) is 11.5 Å². The number of rotatable bonds is 10. The second-order valence-electron chi connectivity index (χ2n) is 3.19. The predicted molar refractivity (Wildman–Crippen MR) is 67.1 cm³/mol. The van der Waals surface area contributed by atoms with Gasteiger partial charge < -0.3 is 0 Å². The van der Waals surface area contributed by atoms with Gasteiger partial charge in [0.1, 0.15) is 0 Å². The van der Waals surface area contributed by atoms with Crippen LogP contribution in [0, 0.1) is 0 Å². The molecule has 0 aromatic rings. The van der Waals surface area contributed by atoms with Crippen molar-refractivity contribution in [2.24, 2.45) is 0 Å². The molecule has 0 unspecified atom stereocenters. The minimum absolute atomic E-state index is 1.26. The third kappa shape index (κ3) is 12.7. The van der Waals surface area contributed by atoms with Gasteiger partial charge in [-0.2, -0.15) is 0 Å². The molecule has 0 aromatic heterocycles. The van der Waals surface area contributed by atoms with Gasteiger partial charge in [0.05, 0.1) is 0 Å². The van der Waals surface area contributed by atoms with Crippen molar-refractivity contribution >= 4 is 23.9 Å². The normalized spacial score (nSPS) is 10.6. The highest BCUT2D eigenvalue weighted by atomic mass is 32.2. The van der Waals surface area contributed by atoms with E-state index in [-0.39, 0.29) is 0 Å². The van der Waals surface area contributed by atoms with Crippen LogP contribution in [0.3, 0.4) is 0 Å². The van der Waals surface area contributed by atoms with Crippen LogP contribution in [0.5, 0.6) is 0 Å². The summed E-state index contributed by atoms with van der Waals surface area (Å²) < 4.78 is 3.34. The Labute approximate surface area is 92.1 Å². The van der Waals surface area contributed by atoms with Crippen molar-refractivity contribution in [1.29, 1.82) is 0 Å². The Balaban J connectivity index is 2.76. The molecule has 1 nitrogen and oxygen atoms in total. The molecule has 0 radical (unpaired) electrons. The highest BCUT2D eigenvalue weighted by molar-refractivity contribution is 8.12. The van der Waals surface area contributed by atoms with Crippen LogP contribution in [0.1, 0.15) is 52.4 Å². The van der Waals surface area contributed by atoms with Crippen molar-refractivity contribution in [3.8, 4) is 0 Å². The van der Waals surface area contributed by atoms with Crippen LogP contribution in [0.25, 0.3) is 0 Å². The van der Waals surface area contributed by atoms with E-state index in [1.54, 1.807) is 0 Å². The van der Waals surface area contributed by atoms with Crippen LogP contribution < -0.4 is 4.13 Å². The number of hydrogen-bond donors (Lipinski definition) is 1. The van der Waals surface area contributed by atoms with Crippen LogP contribution in [0.15, 0.2) is 0 Å². The third-order valence-electron chi connectivity index (χ3n) is 1.82. The van der Waals surface area contributed by atoms with E-state index >= 15 is 0 Å². The van der Waals surface area contributed by atoms with E-state index in [1.807, 2.05) is 23.9 Å². The summed E-state index contributed by atoms with van der Waals surface area (Å²) in [5.41, 5.74) is 0. The Morgan fingerprint density at radius 2 is 1.23 bits per heavy atom. The van der Waals surface area contributed by atoms with Gasteiger partial charge in [-0.15, -0.1) is 0 Å². The summed E-state index contributed by atoms with van der Waals surface area (Å²) in [4.78, 5) is 0. The van der Waals surface area contributed by atoms with Crippen LogP contribution in [0.2, 0.25) is 0 Å². The molecule has 0 aliphatic carbocycles. The molecule has 0 saturated heterocycles. The minimum atomic E-state index is 1.26. The lowest BCUT2D eigenvalue weighted by molar-refractivity contribution is 0.777. The topological polar surface area (TPSA) is 12.0 Å². The van der Waals surface area contributed by atoms with Crippen molar-refractivity contribution in [3.05, 3.63) is 0 Å². The lowest BCUT2D eigenvalue weighted by atomic mass is 10.3. The molecule has 0 fully saturated rings. The van der Waals surface area contributed by atoms with E-state index in [9.17, 15) is 0 Å². The molecule has 0 spiro atoms. The largest absolute Gasteiger partial charge is 0.208 e. The molecular weight excluding hydrogens is 198 g/mol. The fraction of sp³-hybridized carbons (Fsp3) is 1.00. The van der Waals surface area contributed by atoms with E-state index in [0.717, 1.165) is 0 Å². The summed E-state index contributed by atoms with van der Waals surface area (Å²) in [7, 11) is 0. The molecule has 0 saturated carbocycles. The molecule has 13 heavy (non-hydrogen) atoms. The van der Waals surface area contributed by atoms with Crippen LogP contribution in [-0.2, 0) is 0 Å². The zero-order valence-corrected chi connectivity index (χ0v) is 10.6. The zero-order valence-electron chi connectivity index (χ0n) is 8.97. The summed E-state index contributed by atoms with van der Waals surface area (Å²) in [5, 5.41) is 0. The van der Waals surface area contributed by atoms with Gasteiger partial charge in [-0.1, -0.05) is 63.4 Å². The first-order valence-corrected chi connectivity index (χ1v) is 7.37. The summed E-state index contributed by atoms with van der Waals surface area (Å²) >= 11 is 3.73. The highest BCUT2D eigenvalue weighted by Crippen LogP contribution is 2.09. The van der Waals surface area contributed by atoms with E-state index < -0.39 is 0 Å². The van der Waals surface area contributed by atoms with Crippen molar-refractivity contribution in [1.82, 2.24) is 4.13 Å². The molecule has 0 aliphatic heterocycles. The second-order valence-corrected chi connectivity index (χ2v) is 5.25. The highest BCUT2D eigenvalue weighted by Gasteiger charge is 1.90. The fourth-order valence-electron chi connectivity index (χ4n) is 0.973. The summed E-state index contributed by atoms with van der Waals surface area (Å²) in [6.45, 7) is 4.50. The minimum Gasteiger partial charge on any atom is -0.208 e. The Bertz CT molecular complexity index is 79.0. The van der Waals surface area contributed by atoms with Crippen LogP contribution >= 0.6 is 23.9 Å². The van der Waals surface area contributed by atoms with E-state index in [1.165, 1.54) is 50.0 Å². The predicted octanol–water partition coefficient (Wildman–Crippen LogP) is 4.25. The molecule has 1 N–H and O–H groups in total. The Morgan fingerprint density at radius 3 is 1.62 bits per heavy atom. The lowest BCUT2D eigenvalue weighted by Crippen LogP contribution is -1.94. The summed E-state index contributed by atoms with van der Waals surface area (Å²) in [6, 6.07) is 0. The molecule has 0 amide bonds.